The van der Waals surface area contributed by atoms with Crippen molar-refractivity contribution in [1.29, 1.82) is 0 Å². The van der Waals surface area contributed by atoms with Gasteiger partial charge in [0.15, 0.2) is 0 Å². The highest BCUT2D eigenvalue weighted by atomic mass is 35.5. The van der Waals surface area contributed by atoms with Gasteiger partial charge in [0.2, 0.25) is 11.8 Å². The molecule has 39 heavy (non-hydrogen) atoms. The molecule has 1 atom stereocenters. The van der Waals surface area contributed by atoms with Crippen molar-refractivity contribution in [3.63, 3.8) is 0 Å². The molecule has 0 aliphatic carbocycles. The largest absolute Gasteiger partial charge is 0.352 e. The van der Waals surface area contributed by atoms with Crippen LogP contribution in [0.3, 0.4) is 0 Å². The topological polar surface area (TPSA) is 86.8 Å². The molecule has 0 spiro atoms. The van der Waals surface area contributed by atoms with Crippen LogP contribution in [-0.2, 0) is 26.2 Å². The van der Waals surface area contributed by atoms with Crippen LogP contribution in [0.15, 0.2) is 77.7 Å². The van der Waals surface area contributed by atoms with Crippen LogP contribution in [-0.4, -0.2) is 43.8 Å². The standard InChI is InChI=1S/C29H33ClFN3O4S/c1-5-27(29(36)32-20(2)3)33(18-22-11-13-24(31)14-12-22)28(35)19-34(25-8-6-7-23(30)17-25)39(37,38)26-15-9-21(4)10-16-26/h6-17,20,27H,5,18-19H2,1-4H3,(H,32,36)/t27-/m1/s1. The molecule has 3 rings (SSSR count). The predicted octanol–water partition coefficient (Wildman–Crippen LogP) is 5.31. The SMILES string of the molecule is CC[C@H](C(=O)NC(C)C)N(Cc1ccc(F)cc1)C(=O)CN(c1cccc(Cl)c1)S(=O)(=O)c1ccc(C)cc1. The molecule has 10 heteroatoms. The second-order valence-electron chi connectivity index (χ2n) is 9.54. The number of sulfonamides is 1. The summed E-state index contributed by atoms with van der Waals surface area (Å²) in [6, 6.07) is 17.1. The number of carbonyl (C=O) groups is 2. The highest BCUT2D eigenvalue weighted by Crippen LogP contribution is 2.27. The third-order valence-corrected chi connectivity index (χ3v) is 8.09. The number of benzene rings is 3. The summed E-state index contributed by atoms with van der Waals surface area (Å²) in [5, 5.41) is 3.14. The summed E-state index contributed by atoms with van der Waals surface area (Å²) < 4.78 is 42.2. The number of amides is 2. The van der Waals surface area contributed by atoms with Gasteiger partial charge in [-0.1, -0.05) is 54.4 Å². The van der Waals surface area contributed by atoms with Crippen molar-refractivity contribution in [3.8, 4) is 0 Å². The minimum absolute atomic E-state index is 0.00977. The lowest BCUT2D eigenvalue weighted by Crippen LogP contribution is -2.53. The van der Waals surface area contributed by atoms with Crippen molar-refractivity contribution in [2.45, 2.75) is 57.6 Å². The Morgan fingerprint density at radius 3 is 2.21 bits per heavy atom. The summed E-state index contributed by atoms with van der Waals surface area (Å²) in [4.78, 5) is 28.4. The molecule has 0 aliphatic rings. The lowest BCUT2D eigenvalue weighted by Gasteiger charge is -2.33. The molecular formula is C29H33ClFN3O4S. The molecule has 3 aromatic carbocycles. The zero-order valence-electron chi connectivity index (χ0n) is 22.4. The maximum absolute atomic E-state index is 13.9. The molecule has 1 N–H and O–H groups in total. The molecule has 0 radical (unpaired) electrons. The van der Waals surface area contributed by atoms with E-state index in [-0.39, 0.29) is 35.5 Å². The van der Waals surface area contributed by atoms with Gasteiger partial charge in [-0.25, -0.2) is 12.8 Å². The molecule has 0 saturated carbocycles. The fraction of sp³-hybridized carbons (Fsp3) is 0.310. The van der Waals surface area contributed by atoms with Gasteiger partial charge >= 0.3 is 0 Å². The number of nitrogens with zero attached hydrogens (tertiary/aromatic N) is 2. The van der Waals surface area contributed by atoms with Gasteiger partial charge in [0.05, 0.1) is 10.6 Å². The van der Waals surface area contributed by atoms with Crippen LogP contribution in [0.25, 0.3) is 0 Å². The van der Waals surface area contributed by atoms with Crippen LogP contribution in [0, 0.1) is 12.7 Å². The Hall–Kier alpha value is -3.43. The first-order chi connectivity index (χ1) is 18.4. The van der Waals surface area contributed by atoms with Gasteiger partial charge in [0.1, 0.15) is 18.4 Å². The van der Waals surface area contributed by atoms with Gasteiger partial charge in [0, 0.05) is 17.6 Å². The summed E-state index contributed by atoms with van der Waals surface area (Å²) in [5.41, 5.74) is 1.68. The number of aryl methyl sites for hydroxylation is 1. The molecule has 0 bridgehead atoms. The molecule has 0 aliphatic heterocycles. The maximum Gasteiger partial charge on any atom is 0.264 e. The number of nitrogens with one attached hydrogen (secondary N) is 1. The van der Waals surface area contributed by atoms with E-state index in [1.165, 1.54) is 47.4 Å². The number of hydrogen-bond donors (Lipinski definition) is 1. The first-order valence-corrected chi connectivity index (χ1v) is 14.4. The third kappa shape index (κ3) is 7.80. The van der Waals surface area contributed by atoms with Crippen LogP contribution < -0.4 is 9.62 Å². The van der Waals surface area contributed by atoms with Crippen molar-refractivity contribution in [2.24, 2.45) is 0 Å². The van der Waals surface area contributed by atoms with Crippen molar-refractivity contribution in [2.75, 3.05) is 10.8 Å². The minimum Gasteiger partial charge on any atom is -0.352 e. The Kier molecular flexibility index (Phi) is 10.1. The van der Waals surface area contributed by atoms with Gasteiger partial charge < -0.3 is 10.2 Å². The summed E-state index contributed by atoms with van der Waals surface area (Å²) in [7, 11) is -4.19. The zero-order chi connectivity index (χ0) is 28.7. The van der Waals surface area contributed by atoms with Crippen molar-refractivity contribution in [3.05, 3.63) is 94.8 Å². The van der Waals surface area contributed by atoms with E-state index >= 15 is 0 Å². The van der Waals surface area contributed by atoms with E-state index in [2.05, 4.69) is 5.32 Å². The third-order valence-electron chi connectivity index (χ3n) is 6.07. The zero-order valence-corrected chi connectivity index (χ0v) is 24.0. The van der Waals surface area contributed by atoms with Crippen LogP contribution in [0.2, 0.25) is 5.02 Å². The maximum atomic E-state index is 13.9. The highest BCUT2D eigenvalue weighted by Gasteiger charge is 2.34. The van der Waals surface area contributed by atoms with Crippen molar-refractivity contribution in [1.82, 2.24) is 10.2 Å². The van der Waals surface area contributed by atoms with Crippen LogP contribution in [0.4, 0.5) is 10.1 Å². The number of anilines is 1. The van der Waals surface area contributed by atoms with E-state index in [1.807, 2.05) is 20.8 Å². The van der Waals surface area contributed by atoms with Crippen LogP contribution in [0.5, 0.6) is 0 Å². The Morgan fingerprint density at radius 1 is 1.00 bits per heavy atom. The van der Waals surface area contributed by atoms with Crippen LogP contribution in [0.1, 0.15) is 38.3 Å². The monoisotopic (exact) mass is 573 g/mol. The van der Waals surface area contributed by atoms with Gasteiger partial charge in [-0.2, -0.15) is 0 Å². The molecule has 2 amide bonds. The average molecular weight is 574 g/mol. The molecule has 0 heterocycles. The smallest absolute Gasteiger partial charge is 0.264 e. The number of rotatable bonds is 11. The first-order valence-electron chi connectivity index (χ1n) is 12.6. The van der Waals surface area contributed by atoms with Gasteiger partial charge in [-0.3, -0.25) is 13.9 Å². The number of hydrogen-bond acceptors (Lipinski definition) is 4. The van der Waals surface area contributed by atoms with E-state index < -0.39 is 34.3 Å². The molecule has 7 nitrogen and oxygen atoms in total. The molecule has 0 saturated heterocycles. The normalized spacial score (nSPS) is 12.2. The van der Waals surface area contributed by atoms with E-state index in [0.29, 0.717) is 10.6 Å². The summed E-state index contributed by atoms with van der Waals surface area (Å²) >= 11 is 6.19. The second-order valence-corrected chi connectivity index (χ2v) is 11.8. The lowest BCUT2D eigenvalue weighted by atomic mass is 10.1. The molecule has 208 valence electrons. The molecular weight excluding hydrogens is 541 g/mol. The first kappa shape index (κ1) is 30.1. The van der Waals surface area contributed by atoms with Gasteiger partial charge in [0.25, 0.3) is 10.0 Å². The molecule has 0 aromatic heterocycles. The fourth-order valence-corrected chi connectivity index (χ4v) is 5.67. The van der Waals surface area contributed by atoms with Crippen molar-refractivity contribution < 1.29 is 22.4 Å². The van der Waals surface area contributed by atoms with E-state index in [4.69, 9.17) is 11.6 Å². The average Bonchev–Trinajstić information content (AvgIpc) is 2.88. The fourth-order valence-electron chi connectivity index (χ4n) is 4.08. The van der Waals surface area contributed by atoms with E-state index in [0.717, 1.165) is 9.87 Å². The quantitative estimate of drug-likeness (QED) is 0.337. The summed E-state index contributed by atoms with van der Waals surface area (Å²) in [6.45, 7) is 6.64. The Morgan fingerprint density at radius 2 is 1.64 bits per heavy atom. The van der Waals surface area contributed by atoms with Gasteiger partial charge in [-0.15, -0.1) is 0 Å². The van der Waals surface area contributed by atoms with E-state index in [9.17, 15) is 22.4 Å². The molecule has 3 aromatic rings. The Balaban J connectivity index is 2.06. The minimum atomic E-state index is -4.19. The van der Waals surface area contributed by atoms with Crippen LogP contribution >= 0.6 is 11.6 Å². The Labute approximate surface area is 234 Å². The highest BCUT2D eigenvalue weighted by molar-refractivity contribution is 7.92. The number of carbonyl (C=O) groups excluding carboxylic acids is 2. The van der Waals surface area contributed by atoms with Gasteiger partial charge in [-0.05, 0) is 75.2 Å². The number of halogens is 2. The lowest BCUT2D eigenvalue weighted by molar-refractivity contribution is -0.140. The van der Waals surface area contributed by atoms with E-state index in [1.54, 1.807) is 37.3 Å². The molecule has 0 fully saturated rings. The summed E-state index contributed by atoms with van der Waals surface area (Å²) in [5.74, 6) is -1.39. The summed E-state index contributed by atoms with van der Waals surface area (Å²) in [6.07, 6.45) is 0.285. The van der Waals surface area contributed by atoms with Crippen molar-refractivity contribution >= 4 is 39.1 Å². The Bertz CT molecular complexity index is 1400. The second kappa shape index (κ2) is 13.1. The predicted molar refractivity (Wildman–Crippen MR) is 151 cm³/mol. The molecule has 0 unspecified atom stereocenters.